The molecule has 0 unspecified atom stereocenters. The Morgan fingerprint density at radius 2 is 0.974 bits per heavy atom. The van der Waals surface area contributed by atoms with Crippen molar-refractivity contribution >= 4 is 17.9 Å². The van der Waals surface area contributed by atoms with Crippen molar-refractivity contribution in [2.75, 3.05) is 42.7 Å². The van der Waals surface area contributed by atoms with Crippen LogP contribution in [0.3, 0.4) is 0 Å². The van der Waals surface area contributed by atoms with Crippen LogP contribution in [0.5, 0.6) is 46.0 Å². The number of hydrogen-bond acceptors (Lipinski definition) is 9. The molecule has 0 saturated carbocycles. The van der Waals surface area contributed by atoms with Crippen molar-refractivity contribution in [3.8, 4) is 46.0 Å². The third-order valence-electron chi connectivity index (χ3n) is 5.96. The minimum absolute atomic E-state index is 0.0329. The second kappa shape index (κ2) is 11.7. The second-order valence-corrected chi connectivity index (χ2v) is 8.42. The molecule has 9 nitrogen and oxygen atoms in total. The largest absolute Gasteiger partial charge is 0.493 e. The average molecular weight is 535 g/mol. The van der Waals surface area contributed by atoms with E-state index in [2.05, 4.69) is 0 Å². The summed E-state index contributed by atoms with van der Waals surface area (Å²) in [6.07, 6.45) is 3.19. The van der Waals surface area contributed by atoms with Crippen LogP contribution in [0.2, 0.25) is 0 Å². The zero-order chi connectivity index (χ0) is 28.1. The van der Waals surface area contributed by atoms with Crippen molar-refractivity contribution in [1.82, 2.24) is 0 Å². The number of hydrogen-bond donors (Lipinski definition) is 0. The summed E-state index contributed by atoms with van der Waals surface area (Å²) in [5.41, 5.74) is 2.13. The van der Waals surface area contributed by atoms with Gasteiger partial charge in [-0.2, -0.15) is 0 Å². The van der Waals surface area contributed by atoms with E-state index in [0.717, 1.165) is 5.56 Å². The summed E-state index contributed by atoms with van der Waals surface area (Å²) in [6, 6.07) is 12.3. The topological polar surface area (TPSA) is 90.9 Å². The van der Waals surface area contributed by atoms with Crippen LogP contribution in [0.1, 0.15) is 16.7 Å². The van der Waals surface area contributed by atoms with Gasteiger partial charge in [0.2, 0.25) is 11.5 Å². The molecule has 204 valence electrons. The molecule has 0 atom stereocenters. The Hall–Kier alpha value is -4.79. The number of aryl methyl sites for hydroxylation is 1. The predicted molar refractivity (Wildman–Crippen MR) is 146 cm³/mol. The fourth-order valence-corrected chi connectivity index (χ4v) is 4.09. The maximum atomic E-state index is 13.8. The van der Waals surface area contributed by atoms with E-state index in [9.17, 15) is 4.79 Å². The molecule has 9 heteroatoms. The van der Waals surface area contributed by atoms with Gasteiger partial charge in [-0.25, -0.2) is 0 Å². The molecule has 3 aromatic rings. The molecular formula is C30H30O9. The smallest absolute Gasteiger partial charge is 0.263 e. The van der Waals surface area contributed by atoms with Gasteiger partial charge >= 0.3 is 0 Å². The number of benzene rings is 3. The van der Waals surface area contributed by atoms with Crippen molar-refractivity contribution in [3.63, 3.8) is 0 Å². The third kappa shape index (κ3) is 5.57. The molecule has 1 heterocycles. The van der Waals surface area contributed by atoms with Crippen LogP contribution in [-0.4, -0.2) is 48.4 Å². The van der Waals surface area contributed by atoms with Gasteiger partial charge < -0.3 is 37.9 Å². The minimum Gasteiger partial charge on any atom is -0.493 e. The summed E-state index contributed by atoms with van der Waals surface area (Å²) < 4.78 is 44.9. The van der Waals surface area contributed by atoms with Gasteiger partial charge in [0.25, 0.3) is 5.78 Å². The summed E-state index contributed by atoms with van der Waals surface area (Å²) in [5.74, 6) is 2.98. The van der Waals surface area contributed by atoms with Crippen LogP contribution < -0.4 is 37.9 Å². The molecule has 39 heavy (non-hydrogen) atoms. The fourth-order valence-electron chi connectivity index (χ4n) is 4.09. The molecule has 0 amide bonds. The molecule has 0 saturated heterocycles. The zero-order valence-corrected chi connectivity index (χ0v) is 22.9. The number of ether oxygens (including phenoxy) is 8. The molecule has 1 aliphatic heterocycles. The Bertz CT molecular complexity index is 1400. The van der Waals surface area contributed by atoms with Crippen LogP contribution >= 0.6 is 0 Å². The first-order valence-corrected chi connectivity index (χ1v) is 11.9. The molecule has 1 aliphatic rings. The van der Waals surface area contributed by atoms with Gasteiger partial charge in [0.05, 0.1) is 42.7 Å². The predicted octanol–water partition coefficient (Wildman–Crippen LogP) is 5.47. The first-order valence-electron chi connectivity index (χ1n) is 11.9. The Balaban J connectivity index is 1.88. The van der Waals surface area contributed by atoms with Crippen molar-refractivity contribution in [1.29, 1.82) is 0 Å². The highest BCUT2D eigenvalue weighted by Gasteiger charge is 2.27. The number of carbonyl (C=O) groups excluding carboxylic acids is 1. The minimum atomic E-state index is -0.480. The van der Waals surface area contributed by atoms with E-state index < -0.39 is 5.78 Å². The van der Waals surface area contributed by atoms with E-state index in [4.69, 9.17) is 37.9 Å². The summed E-state index contributed by atoms with van der Waals surface area (Å²) >= 11 is 0. The first kappa shape index (κ1) is 27.3. The highest BCUT2D eigenvalue weighted by molar-refractivity contribution is 6.11. The van der Waals surface area contributed by atoms with E-state index in [-0.39, 0.29) is 11.5 Å². The zero-order valence-electron chi connectivity index (χ0n) is 22.9. The lowest BCUT2D eigenvalue weighted by atomic mass is 10.1. The Kier molecular flexibility index (Phi) is 8.19. The highest BCUT2D eigenvalue weighted by atomic mass is 16.5. The number of methoxy groups -OCH3 is 6. The van der Waals surface area contributed by atoms with Gasteiger partial charge in [-0.05, 0) is 72.2 Å². The number of rotatable bonds is 8. The maximum Gasteiger partial charge on any atom is 0.263 e. The summed E-state index contributed by atoms with van der Waals surface area (Å²) in [7, 11) is 9.12. The van der Waals surface area contributed by atoms with Crippen molar-refractivity contribution < 1.29 is 42.7 Å². The standard InChI is InChI=1S/C30H30O9/c1-17-8-9-20-21(10-17)39-23(12-19-15-26(34-4)30(37-7)27(16-19)35-5)28(31)22(38-20)11-18-13-24(32-2)29(36-6)25(14-18)33-3/h8-16H,1-7H3/b22-11-,23-12-. The van der Waals surface area contributed by atoms with Gasteiger partial charge in [-0.1, -0.05) is 6.07 Å². The Morgan fingerprint density at radius 1 is 0.564 bits per heavy atom. The number of carbonyl (C=O) groups is 1. The molecular weight excluding hydrogens is 504 g/mol. The van der Waals surface area contributed by atoms with Crippen LogP contribution in [-0.2, 0) is 4.79 Å². The lowest BCUT2D eigenvalue weighted by Gasteiger charge is -2.14. The van der Waals surface area contributed by atoms with Gasteiger partial charge in [-0.3, -0.25) is 4.79 Å². The van der Waals surface area contributed by atoms with E-state index in [1.165, 1.54) is 42.7 Å². The summed E-state index contributed by atoms with van der Waals surface area (Å²) in [4.78, 5) is 13.8. The van der Waals surface area contributed by atoms with Gasteiger partial charge in [0.15, 0.2) is 46.0 Å². The first-order chi connectivity index (χ1) is 18.8. The Labute approximate surface area is 227 Å². The molecule has 0 fully saturated rings. The number of Topliss-reactive ketones (excluding diaryl/α,β-unsaturated/α-hetero) is 1. The van der Waals surface area contributed by atoms with Crippen LogP contribution in [0.4, 0.5) is 0 Å². The summed E-state index contributed by atoms with van der Waals surface area (Å²) in [5, 5.41) is 0. The second-order valence-electron chi connectivity index (χ2n) is 8.42. The fraction of sp³-hybridized carbons (Fsp3) is 0.233. The van der Waals surface area contributed by atoms with E-state index >= 15 is 0 Å². The van der Waals surface area contributed by atoms with Crippen LogP contribution in [0.25, 0.3) is 12.2 Å². The molecule has 0 aliphatic carbocycles. The van der Waals surface area contributed by atoms with Crippen molar-refractivity contribution in [2.24, 2.45) is 0 Å². The van der Waals surface area contributed by atoms with E-state index in [1.54, 1.807) is 48.6 Å². The monoisotopic (exact) mass is 534 g/mol. The molecule has 0 aromatic heterocycles. The van der Waals surface area contributed by atoms with E-state index in [1.807, 2.05) is 13.0 Å². The lowest BCUT2D eigenvalue weighted by molar-refractivity contribution is -0.115. The Morgan fingerprint density at radius 3 is 1.36 bits per heavy atom. The van der Waals surface area contributed by atoms with Crippen LogP contribution in [0, 0.1) is 6.92 Å². The lowest BCUT2D eigenvalue weighted by Crippen LogP contribution is -2.12. The highest BCUT2D eigenvalue weighted by Crippen LogP contribution is 2.42. The molecule has 0 bridgehead atoms. The molecule has 0 spiro atoms. The van der Waals surface area contributed by atoms with Gasteiger partial charge in [0.1, 0.15) is 0 Å². The van der Waals surface area contributed by atoms with Crippen LogP contribution in [0.15, 0.2) is 54.0 Å². The maximum absolute atomic E-state index is 13.8. The molecule has 4 rings (SSSR count). The normalized spacial score (nSPS) is 14.6. The number of fused-ring (bicyclic) bond motifs is 1. The SMILES string of the molecule is COc1cc(/C=C2\Oc3ccc(C)cc3O/C(=C\c3cc(OC)c(OC)c(OC)c3)C2=O)cc(OC)c1OC. The third-order valence-corrected chi connectivity index (χ3v) is 5.96. The summed E-state index contributed by atoms with van der Waals surface area (Å²) in [6.45, 7) is 1.92. The van der Waals surface area contributed by atoms with Crippen molar-refractivity contribution in [3.05, 3.63) is 70.7 Å². The van der Waals surface area contributed by atoms with Crippen molar-refractivity contribution in [2.45, 2.75) is 6.92 Å². The van der Waals surface area contributed by atoms with Gasteiger partial charge in [0, 0.05) is 0 Å². The average Bonchev–Trinajstić information content (AvgIpc) is 3.07. The number of ketones is 1. The quantitative estimate of drug-likeness (QED) is 0.349. The molecule has 0 N–H and O–H groups in total. The molecule has 0 radical (unpaired) electrons. The molecule has 3 aromatic carbocycles. The van der Waals surface area contributed by atoms with Gasteiger partial charge in [-0.15, -0.1) is 0 Å². The van der Waals surface area contributed by atoms with E-state index in [0.29, 0.717) is 57.1 Å².